The summed E-state index contributed by atoms with van der Waals surface area (Å²) >= 11 is 0. The summed E-state index contributed by atoms with van der Waals surface area (Å²) in [6.07, 6.45) is 7.32. The monoisotopic (exact) mass is 268 g/mol. The fourth-order valence-electron chi connectivity index (χ4n) is 2.58. The highest BCUT2D eigenvalue weighted by Crippen LogP contribution is 2.23. The van der Waals surface area contributed by atoms with Crippen LogP contribution in [0.3, 0.4) is 0 Å². The van der Waals surface area contributed by atoms with E-state index in [9.17, 15) is 0 Å². The van der Waals surface area contributed by atoms with Crippen molar-refractivity contribution < 1.29 is 0 Å². The molecule has 0 fully saturated rings. The van der Waals surface area contributed by atoms with Gasteiger partial charge in [-0.05, 0) is 36.1 Å². The van der Waals surface area contributed by atoms with E-state index in [1.54, 1.807) is 0 Å². The molecule has 0 aliphatic rings. The van der Waals surface area contributed by atoms with E-state index in [1.807, 2.05) is 12.4 Å². The van der Waals surface area contributed by atoms with Crippen LogP contribution in [0.15, 0.2) is 54.9 Å². The number of aromatic nitrogens is 1. The van der Waals surface area contributed by atoms with Gasteiger partial charge in [-0.2, -0.15) is 0 Å². The predicted molar refractivity (Wildman–Crippen MR) is 84.6 cm³/mol. The average molecular weight is 268 g/mol. The molecule has 2 aromatic rings. The lowest BCUT2D eigenvalue weighted by molar-refractivity contribution is 0.430. The Morgan fingerprint density at radius 2 is 1.60 bits per heavy atom. The zero-order valence-electron chi connectivity index (χ0n) is 12.4. The molecule has 2 nitrogen and oxygen atoms in total. The molecule has 0 aliphatic carbocycles. The zero-order valence-corrected chi connectivity index (χ0v) is 12.4. The van der Waals surface area contributed by atoms with E-state index in [0.29, 0.717) is 6.04 Å². The summed E-state index contributed by atoms with van der Waals surface area (Å²) in [5.74, 6) is 0. The summed E-state index contributed by atoms with van der Waals surface area (Å²) in [6.45, 7) is 4.50. The predicted octanol–water partition coefficient (Wildman–Crippen LogP) is 4.34. The van der Waals surface area contributed by atoms with Gasteiger partial charge in [0.25, 0.3) is 0 Å². The fourth-order valence-corrected chi connectivity index (χ4v) is 2.58. The van der Waals surface area contributed by atoms with Crippen molar-refractivity contribution in [3.63, 3.8) is 0 Å². The number of benzene rings is 1. The molecule has 0 saturated carbocycles. The van der Waals surface area contributed by atoms with Gasteiger partial charge in [-0.1, -0.05) is 50.6 Å². The summed E-state index contributed by atoms with van der Waals surface area (Å²) in [5.41, 5.74) is 2.59. The molecular formula is C18H24N2. The summed E-state index contributed by atoms with van der Waals surface area (Å²) in [6, 6.07) is 15.7. The number of hydrogen-bond donors (Lipinski definition) is 1. The third kappa shape index (κ3) is 3.91. The van der Waals surface area contributed by atoms with Gasteiger partial charge in [0.15, 0.2) is 0 Å². The maximum atomic E-state index is 4.13. The van der Waals surface area contributed by atoms with E-state index in [2.05, 4.69) is 66.6 Å². The van der Waals surface area contributed by atoms with Crippen LogP contribution in [-0.2, 0) is 0 Å². The Morgan fingerprint density at radius 1 is 0.950 bits per heavy atom. The molecule has 0 radical (unpaired) electrons. The van der Waals surface area contributed by atoms with Gasteiger partial charge in [0.05, 0.1) is 6.04 Å². The number of nitrogens with zero attached hydrogens (tertiary/aromatic N) is 1. The van der Waals surface area contributed by atoms with Gasteiger partial charge in [-0.3, -0.25) is 4.98 Å². The quantitative estimate of drug-likeness (QED) is 0.808. The van der Waals surface area contributed by atoms with Gasteiger partial charge >= 0.3 is 0 Å². The van der Waals surface area contributed by atoms with E-state index in [-0.39, 0.29) is 6.04 Å². The Morgan fingerprint density at radius 3 is 2.20 bits per heavy atom. The first-order valence-electron chi connectivity index (χ1n) is 7.56. The van der Waals surface area contributed by atoms with Gasteiger partial charge in [0.1, 0.15) is 0 Å². The van der Waals surface area contributed by atoms with Crippen molar-refractivity contribution in [3.8, 4) is 0 Å². The van der Waals surface area contributed by atoms with E-state index < -0.39 is 0 Å². The molecule has 20 heavy (non-hydrogen) atoms. The van der Waals surface area contributed by atoms with Crippen molar-refractivity contribution in [1.29, 1.82) is 0 Å². The second-order valence-electron chi connectivity index (χ2n) is 5.18. The minimum atomic E-state index is 0.246. The van der Waals surface area contributed by atoms with E-state index in [1.165, 1.54) is 24.0 Å². The normalized spacial score (nSPS) is 13.9. The molecule has 1 aromatic heterocycles. The van der Waals surface area contributed by atoms with Crippen LogP contribution < -0.4 is 5.32 Å². The van der Waals surface area contributed by atoms with E-state index in [4.69, 9.17) is 0 Å². The van der Waals surface area contributed by atoms with Crippen LogP contribution in [0.1, 0.15) is 50.3 Å². The van der Waals surface area contributed by atoms with Crippen molar-refractivity contribution >= 4 is 0 Å². The Labute approximate surface area is 122 Å². The molecule has 2 atom stereocenters. The molecular weight excluding hydrogens is 244 g/mol. The third-order valence-electron chi connectivity index (χ3n) is 3.70. The molecule has 1 aromatic carbocycles. The van der Waals surface area contributed by atoms with E-state index in [0.717, 1.165) is 6.42 Å². The van der Waals surface area contributed by atoms with Gasteiger partial charge in [-0.25, -0.2) is 0 Å². The first-order valence-corrected chi connectivity index (χ1v) is 7.56. The van der Waals surface area contributed by atoms with Crippen LogP contribution in [-0.4, -0.2) is 11.0 Å². The summed E-state index contributed by atoms with van der Waals surface area (Å²) in [4.78, 5) is 4.13. The fraction of sp³-hybridized carbons (Fsp3) is 0.389. The first-order chi connectivity index (χ1) is 9.85. The van der Waals surface area contributed by atoms with E-state index >= 15 is 0 Å². The highest BCUT2D eigenvalue weighted by atomic mass is 14.9. The van der Waals surface area contributed by atoms with Gasteiger partial charge in [0, 0.05) is 18.4 Å². The Hall–Kier alpha value is -1.67. The van der Waals surface area contributed by atoms with Crippen LogP contribution in [0, 0.1) is 0 Å². The Balaban J connectivity index is 2.25. The van der Waals surface area contributed by atoms with Crippen LogP contribution in [0.5, 0.6) is 0 Å². The number of rotatable bonds is 7. The highest BCUT2D eigenvalue weighted by Gasteiger charge is 2.17. The summed E-state index contributed by atoms with van der Waals surface area (Å²) in [7, 11) is 0. The number of pyridine rings is 1. The lowest BCUT2D eigenvalue weighted by Gasteiger charge is -2.25. The molecule has 0 amide bonds. The second kappa shape index (κ2) is 7.81. The number of nitrogens with one attached hydrogen (secondary N) is 1. The smallest absolute Gasteiger partial charge is 0.0579 e. The van der Waals surface area contributed by atoms with Crippen LogP contribution >= 0.6 is 0 Å². The van der Waals surface area contributed by atoms with Crippen LogP contribution in [0.25, 0.3) is 0 Å². The first kappa shape index (κ1) is 14.7. The van der Waals surface area contributed by atoms with Crippen LogP contribution in [0.2, 0.25) is 0 Å². The molecule has 106 valence electrons. The lowest BCUT2D eigenvalue weighted by atomic mass is 9.97. The SMILES string of the molecule is CCCC(CC)NC(c1ccccc1)c1ccncc1. The molecule has 0 spiro atoms. The third-order valence-corrected chi connectivity index (χ3v) is 3.70. The van der Waals surface area contributed by atoms with Crippen molar-refractivity contribution in [2.24, 2.45) is 0 Å². The summed E-state index contributed by atoms with van der Waals surface area (Å²) < 4.78 is 0. The van der Waals surface area contributed by atoms with Crippen molar-refractivity contribution in [2.75, 3.05) is 0 Å². The van der Waals surface area contributed by atoms with Crippen molar-refractivity contribution in [2.45, 2.75) is 45.2 Å². The Kier molecular flexibility index (Phi) is 5.75. The average Bonchev–Trinajstić information content (AvgIpc) is 2.53. The van der Waals surface area contributed by atoms with Crippen LogP contribution in [0.4, 0.5) is 0 Å². The van der Waals surface area contributed by atoms with Gasteiger partial charge in [0.2, 0.25) is 0 Å². The molecule has 0 saturated heterocycles. The second-order valence-corrected chi connectivity index (χ2v) is 5.18. The van der Waals surface area contributed by atoms with Gasteiger partial charge in [-0.15, -0.1) is 0 Å². The standard InChI is InChI=1S/C18H24N2/c1-3-8-17(4-2)20-18(15-9-6-5-7-10-15)16-11-13-19-14-12-16/h5-7,9-14,17-18,20H,3-4,8H2,1-2H3. The minimum Gasteiger partial charge on any atom is -0.303 e. The number of hydrogen-bond acceptors (Lipinski definition) is 2. The van der Waals surface area contributed by atoms with Crippen molar-refractivity contribution in [3.05, 3.63) is 66.0 Å². The molecule has 2 heteroatoms. The van der Waals surface area contributed by atoms with Gasteiger partial charge < -0.3 is 5.32 Å². The van der Waals surface area contributed by atoms with Crippen molar-refractivity contribution in [1.82, 2.24) is 10.3 Å². The topological polar surface area (TPSA) is 24.9 Å². The molecule has 0 aliphatic heterocycles. The molecule has 2 rings (SSSR count). The molecule has 1 N–H and O–H groups in total. The molecule has 0 bridgehead atoms. The lowest BCUT2D eigenvalue weighted by Crippen LogP contribution is -2.33. The maximum absolute atomic E-state index is 4.13. The highest BCUT2D eigenvalue weighted by molar-refractivity contribution is 5.30. The largest absolute Gasteiger partial charge is 0.303 e. The maximum Gasteiger partial charge on any atom is 0.0579 e. The molecule has 1 heterocycles. The Bertz CT molecular complexity index is 442. The minimum absolute atomic E-state index is 0.246. The zero-order chi connectivity index (χ0) is 14.2. The molecule has 2 unspecified atom stereocenters. The summed E-state index contributed by atoms with van der Waals surface area (Å²) in [5, 5.41) is 3.81.